The van der Waals surface area contributed by atoms with Crippen molar-refractivity contribution in [3.05, 3.63) is 24.3 Å². The van der Waals surface area contributed by atoms with Gasteiger partial charge in [0.05, 0.1) is 26.1 Å². The van der Waals surface area contributed by atoms with Gasteiger partial charge in [-0.05, 0) is 30.2 Å². The monoisotopic (exact) mass is 448 g/mol. The van der Waals surface area contributed by atoms with Gasteiger partial charge in [0.1, 0.15) is 5.75 Å². The molecular weight excluding hydrogens is 420 g/mol. The Kier molecular flexibility index (Phi) is 8.13. The average molecular weight is 449 g/mol. The van der Waals surface area contributed by atoms with E-state index in [-0.39, 0.29) is 5.75 Å². The number of anilines is 2. The molecule has 0 atom stereocenters. The lowest BCUT2D eigenvalue weighted by atomic mass is 10.2. The lowest BCUT2D eigenvalue weighted by molar-refractivity contribution is -0.117. The summed E-state index contributed by atoms with van der Waals surface area (Å²) in [5.41, 5.74) is 0.561. The normalized spacial score (nSPS) is 13.9. The van der Waals surface area contributed by atoms with Gasteiger partial charge in [-0.2, -0.15) is 0 Å². The summed E-state index contributed by atoms with van der Waals surface area (Å²) in [6.45, 7) is 7.80. The Morgan fingerprint density at radius 2 is 1.90 bits per heavy atom. The molecule has 1 aromatic heterocycles. The van der Waals surface area contributed by atoms with Gasteiger partial charge in [0.15, 0.2) is 5.16 Å². The van der Waals surface area contributed by atoms with Crippen LogP contribution in [0.1, 0.15) is 13.8 Å². The summed E-state index contributed by atoms with van der Waals surface area (Å²) in [4.78, 5) is 26.5. The highest BCUT2D eigenvalue weighted by atomic mass is 32.2. The molecule has 3 amide bonds. The molecule has 0 unspecified atom stereocenters. The number of nitrogens with one attached hydrogen (secondary N) is 2. The molecule has 2 heterocycles. The smallest absolute Gasteiger partial charge is 0.325 e. The molecule has 2 N–H and O–H groups in total. The number of methoxy groups -OCH3 is 1. The Morgan fingerprint density at radius 3 is 2.55 bits per heavy atom. The SMILES string of the molecule is COc1ccc(NC(=O)NC(=O)CSc2nnc(N3CCOCC3)n2CC(C)C)cc1. The predicted molar refractivity (Wildman–Crippen MR) is 119 cm³/mol. The summed E-state index contributed by atoms with van der Waals surface area (Å²) in [5, 5.41) is 14.2. The first-order valence-electron chi connectivity index (χ1n) is 10.1. The van der Waals surface area contributed by atoms with E-state index in [1.54, 1.807) is 31.4 Å². The molecule has 3 rings (SSSR count). The summed E-state index contributed by atoms with van der Waals surface area (Å²) in [7, 11) is 1.57. The van der Waals surface area contributed by atoms with E-state index in [2.05, 4.69) is 39.6 Å². The molecule has 10 nitrogen and oxygen atoms in total. The third-order valence-electron chi connectivity index (χ3n) is 4.47. The van der Waals surface area contributed by atoms with Crippen molar-refractivity contribution in [1.29, 1.82) is 0 Å². The molecule has 2 aromatic rings. The molecule has 1 aromatic carbocycles. The van der Waals surface area contributed by atoms with Crippen LogP contribution in [0.3, 0.4) is 0 Å². The van der Waals surface area contributed by atoms with Gasteiger partial charge < -0.3 is 19.7 Å². The summed E-state index contributed by atoms with van der Waals surface area (Å²) in [6.07, 6.45) is 0. The minimum absolute atomic E-state index is 0.0510. The average Bonchev–Trinajstić information content (AvgIpc) is 3.15. The minimum atomic E-state index is -0.589. The van der Waals surface area contributed by atoms with Crippen LogP contribution in [0.4, 0.5) is 16.4 Å². The fourth-order valence-electron chi connectivity index (χ4n) is 3.04. The highest BCUT2D eigenvalue weighted by Gasteiger charge is 2.22. The second-order valence-electron chi connectivity index (χ2n) is 7.41. The molecule has 11 heteroatoms. The Hall–Kier alpha value is -2.79. The number of carbonyl (C=O) groups excluding carboxylic acids is 2. The number of imide groups is 1. The topological polar surface area (TPSA) is 111 Å². The standard InChI is InChI=1S/C20H28N6O4S/c1-14(2)12-26-19(25-8-10-30-11-9-25)23-24-20(26)31-13-17(27)22-18(28)21-15-4-6-16(29-3)7-5-15/h4-7,14H,8-13H2,1-3H3,(H2,21,22,27,28). The number of amides is 3. The number of morpholine rings is 1. The number of hydrogen-bond donors (Lipinski definition) is 2. The summed E-state index contributed by atoms with van der Waals surface area (Å²) >= 11 is 1.26. The molecule has 0 spiro atoms. The molecule has 1 fully saturated rings. The van der Waals surface area contributed by atoms with Crippen LogP contribution in [-0.2, 0) is 16.1 Å². The van der Waals surface area contributed by atoms with Crippen molar-refractivity contribution >= 4 is 35.3 Å². The zero-order chi connectivity index (χ0) is 22.2. The number of benzene rings is 1. The van der Waals surface area contributed by atoms with Crippen LogP contribution < -0.4 is 20.3 Å². The van der Waals surface area contributed by atoms with Gasteiger partial charge in [-0.25, -0.2) is 4.79 Å². The molecule has 1 aliphatic rings. The molecule has 31 heavy (non-hydrogen) atoms. The fraction of sp³-hybridized carbons (Fsp3) is 0.500. The van der Waals surface area contributed by atoms with E-state index in [1.165, 1.54) is 11.8 Å². The maximum atomic E-state index is 12.3. The second-order valence-corrected chi connectivity index (χ2v) is 8.35. The molecule has 0 aliphatic carbocycles. The van der Waals surface area contributed by atoms with Gasteiger partial charge in [-0.3, -0.25) is 14.7 Å². The van der Waals surface area contributed by atoms with Gasteiger partial charge in [0.2, 0.25) is 11.9 Å². The lowest BCUT2D eigenvalue weighted by Crippen LogP contribution is -2.38. The first-order chi connectivity index (χ1) is 15.0. The molecule has 0 saturated carbocycles. The number of rotatable bonds is 8. The largest absolute Gasteiger partial charge is 0.497 e. The molecule has 0 radical (unpaired) electrons. The van der Waals surface area contributed by atoms with Crippen molar-refractivity contribution in [2.45, 2.75) is 25.5 Å². The van der Waals surface area contributed by atoms with Gasteiger partial charge in [-0.15, -0.1) is 10.2 Å². The van der Waals surface area contributed by atoms with Gasteiger partial charge in [0, 0.05) is 25.3 Å². The lowest BCUT2D eigenvalue weighted by Gasteiger charge is -2.28. The van der Waals surface area contributed by atoms with Gasteiger partial charge in [0.25, 0.3) is 0 Å². The molecule has 1 saturated heterocycles. The number of thioether (sulfide) groups is 1. The zero-order valence-corrected chi connectivity index (χ0v) is 18.8. The first kappa shape index (κ1) is 22.9. The van der Waals surface area contributed by atoms with E-state index in [9.17, 15) is 9.59 Å². The summed E-state index contributed by atoms with van der Waals surface area (Å²) in [6, 6.07) is 6.24. The minimum Gasteiger partial charge on any atom is -0.497 e. The van der Waals surface area contributed by atoms with Crippen molar-refractivity contribution in [3.8, 4) is 5.75 Å². The highest BCUT2D eigenvalue weighted by Crippen LogP contribution is 2.24. The summed E-state index contributed by atoms with van der Waals surface area (Å²) in [5.74, 6) is 1.50. The quantitative estimate of drug-likeness (QED) is 0.592. The molecular formula is C20H28N6O4S. The Balaban J connectivity index is 1.56. The Morgan fingerprint density at radius 1 is 1.19 bits per heavy atom. The maximum absolute atomic E-state index is 12.3. The van der Waals surface area contributed by atoms with Crippen molar-refractivity contribution in [2.75, 3.05) is 49.4 Å². The molecule has 1 aliphatic heterocycles. The number of nitrogens with zero attached hydrogens (tertiary/aromatic N) is 4. The second kappa shape index (κ2) is 11.0. The number of carbonyl (C=O) groups is 2. The van der Waals surface area contributed by atoms with Gasteiger partial charge >= 0.3 is 6.03 Å². The van der Waals surface area contributed by atoms with Crippen LogP contribution in [0.15, 0.2) is 29.4 Å². The van der Waals surface area contributed by atoms with Gasteiger partial charge in [-0.1, -0.05) is 25.6 Å². The Labute approximate surface area is 185 Å². The number of hydrogen-bond acceptors (Lipinski definition) is 8. The highest BCUT2D eigenvalue weighted by molar-refractivity contribution is 7.99. The van der Waals surface area contributed by atoms with Crippen LogP contribution >= 0.6 is 11.8 Å². The van der Waals surface area contributed by atoms with E-state index in [4.69, 9.17) is 9.47 Å². The van der Waals surface area contributed by atoms with Crippen LogP contribution in [0.2, 0.25) is 0 Å². The zero-order valence-electron chi connectivity index (χ0n) is 18.0. The fourth-order valence-corrected chi connectivity index (χ4v) is 3.78. The number of aromatic nitrogens is 3. The number of ether oxygens (including phenoxy) is 2. The first-order valence-corrected chi connectivity index (χ1v) is 11.1. The Bertz CT molecular complexity index is 880. The van der Waals surface area contributed by atoms with Crippen molar-refractivity contribution in [1.82, 2.24) is 20.1 Å². The maximum Gasteiger partial charge on any atom is 0.325 e. The van der Waals surface area contributed by atoms with Crippen molar-refractivity contribution in [3.63, 3.8) is 0 Å². The predicted octanol–water partition coefficient (Wildman–Crippen LogP) is 2.22. The molecule has 0 bridgehead atoms. The molecule has 168 valence electrons. The van der Waals surface area contributed by atoms with E-state index in [1.807, 2.05) is 4.57 Å². The van der Waals surface area contributed by atoms with Crippen LogP contribution in [-0.4, -0.2) is 65.9 Å². The third kappa shape index (κ3) is 6.59. The van der Waals surface area contributed by atoms with Crippen LogP contribution in [0.25, 0.3) is 0 Å². The van der Waals surface area contributed by atoms with E-state index >= 15 is 0 Å². The van der Waals surface area contributed by atoms with Crippen LogP contribution in [0.5, 0.6) is 5.75 Å². The third-order valence-corrected chi connectivity index (χ3v) is 5.44. The van der Waals surface area contributed by atoms with Crippen molar-refractivity contribution in [2.24, 2.45) is 5.92 Å². The summed E-state index contributed by atoms with van der Waals surface area (Å²) < 4.78 is 12.5. The van der Waals surface area contributed by atoms with Crippen LogP contribution in [0, 0.1) is 5.92 Å². The van der Waals surface area contributed by atoms with E-state index < -0.39 is 11.9 Å². The van der Waals surface area contributed by atoms with Crippen molar-refractivity contribution < 1.29 is 19.1 Å². The van der Waals surface area contributed by atoms with E-state index in [0.29, 0.717) is 35.7 Å². The van der Waals surface area contributed by atoms with E-state index in [0.717, 1.165) is 25.6 Å². The number of urea groups is 1.